The molecule has 0 radical (unpaired) electrons. The lowest BCUT2D eigenvalue weighted by Crippen LogP contribution is -2.16. The van der Waals surface area contributed by atoms with E-state index >= 15 is 0 Å². The summed E-state index contributed by atoms with van der Waals surface area (Å²) in [7, 11) is 0. The SMILES string of the molecule is CC(=O)Nc1ccc(C)cc1NC(=O)c1ccc(Cl)c(NC(=O)c2cccs2)c1. The van der Waals surface area contributed by atoms with Gasteiger partial charge in [-0.15, -0.1) is 11.3 Å². The average molecular weight is 428 g/mol. The molecule has 29 heavy (non-hydrogen) atoms. The molecule has 0 fully saturated rings. The fourth-order valence-corrected chi connectivity index (χ4v) is 3.39. The van der Waals surface area contributed by atoms with E-state index in [2.05, 4.69) is 16.0 Å². The van der Waals surface area contributed by atoms with Gasteiger partial charge in [-0.25, -0.2) is 0 Å². The number of nitrogens with one attached hydrogen (secondary N) is 3. The second-order valence-corrected chi connectivity index (χ2v) is 7.67. The van der Waals surface area contributed by atoms with Crippen LogP contribution in [0.1, 0.15) is 32.5 Å². The number of thiophene rings is 1. The molecule has 0 atom stereocenters. The number of halogens is 1. The van der Waals surface area contributed by atoms with Gasteiger partial charge in [-0.3, -0.25) is 14.4 Å². The third-order valence-corrected chi connectivity index (χ3v) is 5.15. The number of hydrogen-bond donors (Lipinski definition) is 3. The Morgan fingerprint density at radius 1 is 0.862 bits per heavy atom. The standard InChI is InChI=1S/C21H18ClN3O3S/c1-12-5-8-16(23-13(2)26)18(10-12)25-20(27)14-6-7-15(22)17(11-14)24-21(28)19-4-3-9-29-19/h3-11H,1-2H3,(H,23,26)(H,24,28)(H,25,27). The van der Waals surface area contributed by atoms with Crippen molar-refractivity contribution in [2.45, 2.75) is 13.8 Å². The molecule has 2 aromatic carbocycles. The number of anilines is 3. The van der Waals surface area contributed by atoms with Crippen molar-refractivity contribution in [1.29, 1.82) is 0 Å². The van der Waals surface area contributed by atoms with Gasteiger partial charge in [-0.1, -0.05) is 23.7 Å². The molecule has 8 heteroatoms. The highest BCUT2D eigenvalue weighted by atomic mass is 35.5. The van der Waals surface area contributed by atoms with Gasteiger partial charge in [0.1, 0.15) is 0 Å². The highest BCUT2D eigenvalue weighted by Crippen LogP contribution is 2.27. The Bertz CT molecular complexity index is 1080. The first-order valence-electron chi connectivity index (χ1n) is 8.67. The van der Waals surface area contributed by atoms with Gasteiger partial charge < -0.3 is 16.0 Å². The van der Waals surface area contributed by atoms with Crippen LogP contribution in [0.5, 0.6) is 0 Å². The van der Waals surface area contributed by atoms with E-state index in [1.807, 2.05) is 13.0 Å². The summed E-state index contributed by atoms with van der Waals surface area (Å²) < 4.78 is 0. The Hall–Kier alpha value is -3.16. The zero-order chi connectivity index (χ0) is 21.0. The first-order valence-corrected chi connectivity index (χ1v) is 9.93. The largest absolute Gasteiger partial charge is 0.325 e. The maximum atomic E-state index is 12.8. The molecule has 0 bridgehead atoms. The average Bonchev–Trinajstić information content (AvgIpc) is 3.20. The molecule has 3 aromatic rings. The van der Waals surface area contributed by atoms with Gasteiger partial charge in [0.15, 0.2) is 0 Å². The van der Waals surface area contributed by atoms with Crippen molar-refractivity contribution in [3.05, 3.63) is 74.9 Å². The molecule has 1 aromatic heterocycles. The van der Waals surface area contributed by atoms with E-state index in [1.54, 1.807) is 41.8 Å². The quantitative estimate of drug-likeness (QED) is 0.524. The lowest BCUT2D eigenvalue weighted by Gasteiger charge is -2.13. The maximum Gasteiger partial charge on any atom is 0.265 e. The molecule has 0 saturated carbocycles. The van der Waals surface area contributed by atoms with E-state index in [9.17, 15) is 14.4 Å². The highest BCUT2D eigenvalue weighted by Gasteiger charge is 2.14. The number of carbonyl (C=O) groups excluding carboxylic acids is 3. The van der Waals surface area contributed by atoms with Crippen LogP contribution in [-0.2, 0) is 4.79 Å². The Balaban J connectivity index is 1.82. The smallest absolute Gasteiger partial charge is 0.265 e. The number of hydrogen-bond acceptors (Lipinski definition) is 4. The summed E-state index contributed by atoms with van der Waals surface area (Å²) in [6.07, 6.45) is 0. The van der Waals surface area contributed by atoms with Crippen LogP contribution in [0.25, 0.3) is 0 Å². The van der Waals surface area contributed by atoms with Crippen LogP contribution in [-0.4, -0.2) is 17.7 Å². The minimum Gasteiger partial charge on any atom is -0.325 e. The van der Waals surface area contributed by atoms with Crippen molar-refractivity contribution < 1.29 is 14.4 Å². The molecular formula is C21H18ClN3O3S. The number of rotatable bonds is 5. The molecule has 0 unspecified atom stereocenters. The second-order valence-electron chi connectivity index (χ2n) is 6.31. The second kappa shape index (κ2) is 8.89. The molecule has 148 valence electrons. The maximum absolute atomic E-state index is 12.8. The molecule has 3 amide bonds. The third-order valence-electron chi connectivity index (χ3n) is 3.96. The van der Waals surface area contributed by atoms with Crippen molar-refractivity contribution in [3.63, 3.8) is 0 Å². The summed E-state index contributed by atoms with van der Waals surface area (Å²) >= 11 is 7.49. The first kappa shape index (κ1) is 20.6. The van der Waals surface area contributed by atoms with Crippen LogP contribution >= 0.6 is 22.9 Å². The normalized spacial score (nSPS) is 10.3. The predicted molar refractivity (Wildman–Crippen MR) is 117 cm³/mol. The van der Waals surface area contributed by atoms with Gasteiger partial charge in [-0.2, -0.15) is 0 Å². The molecule has 0 saturated heterocycles. The minimum absolute atomic E-state index is 0.241. The fraction of sp³-hybridized carbons (Fsp3) is 0.0952. The van der Waals surface area contributed by atoms with Crippen LogP contribution in [0.15, 0.2) is 53.9 Å². The van der Waals surface area contributed by atoms with Crippen LogP contribution < -0.4 is 16.0 Å². The van der Waals surface area contributed by atoms with E-state index in [0.29, 0.717) is 32.5 Å². The third kappa shape index (κ3) is 5.22. The number of aryl methyl sites for hydroxylation is 1. The van der Waals surface area contributed by atoms with Crippen LogP contribution in [0.2, 0.25) is 5.02 Å². The van der Waals surface area contributed by atoms with Crippen molar-refractivity contribution in [3.8, 4) is 0 Å². The Kier molecular flexibility index (Phi) is 6.31. The number of carbonyl (C=O) groups is 3. The van der Waals surface area contributed by atoms with E-state index < -0.39 is 5.91 Å². The Morgan fingerprint density at radius 2 is 1.62 bits per heavy atom. The molecule has 3 rings (SSSR count). The Morgan fingerprint density at radius 3 is 2.31 bits per heavy atom. The summed E-state index contributed by atoms with van der Waals surface area (Å²) in [4.78, 5) is 37.0. The zero-order valence-electron chi connectivity index (χ0n) is 15.7. The molecule has 6 nitrogen and oxygen atoms in total. The van der Waals surface area contributed by atoms with Gasteiger partial charge in [0.25, 0.3) is 11.8 Å². The molecule has 3 N–H and O–H groups in total. The predicted octanol–water partition coefficient (Wildman–Crippen LogP) is 5.17. The molecule has 0 aliphatic rings. The fourth-order valence-electron chi connectivity index (χ4n) is 2.61. The minimum atomic E-state index is -0.398. The molecule has 1 heterocycles. The van der Waals surface area contributed by atoms with Crippen LogP contribution in [0.4, 0.5) is 17.1 Å². The van der Waals surface area contributed by atoms with Gasteiger partial charge >= 0.3 is 0 Å². The van der Waals surface area contributed by atoms with Crippen molar-refractivity contribution in [1.82, 2.24) is 0 Å². The van der Waals surface area contributed by atoms with Gasteiger partial charge in [-0.05, 0) is 54.3 Å². The lowest BCUT2D eigenvalue weighted by atomic mass is 10.1. The summed E-state index contributed by atoms with van der Waals surface area (Å²) in [6.45, 7) is 3.28. The number of amides is 3. The van der Waals surface area contributed by atoms with Crippen molar-refractivity contribution in [2.24, 2.45) is 0 Å². The van der Waals surface area contributed by atoms with Crippen molar-refractivity contribution >= 4 is 57.7 Å². The van der Waals surface area contributed by atoms with E-state index in [4.69, 9.17) is 11.6 Å². The lowest BCUT2D eigenvalue weighted by molar-refractivity contribution is -0.114. The van der Waals surface area contributed by atoms with Crippen LogP contribution in [0.3, 0.4) is 0 Å². The summed E-state index contributed by atoms with van der Waals surface area (Å²) in [6, 6.07) is 13.4. The topological polar surface area (TPSA) is 87.3 Å². The molecule has 0 aliphatic carbocycles. The first-order chi connectivity index (χ1) is 13.8. The van der Waals surface area contributed by atoms with E-state index in [0.717, 1.165) is 5.56 Å². The van der Waals surface area contributed by atoms with E-state index in [-0.39, 0.29) is 11.8 Å². The monoisotopic (exact) mass is 427 g/mol. The Labute approximate surface area is 176 Å². The van der Waals surface area contributed by atoms with Crippen LogP contribution in [0, 0.1) is 6.92 Å². The summed E-state index contributed by atoms with van der Waals surface area (Å²) in [5, 5.41) is 10.3. The van der Waals surface area contributed by atoms with Gasteiger partial charge in [0.2, 0.25) is 5.91 Å². The summed E-state index contributed by atoms with van der Waals surface area (Å²) in [5.41, 5.74) is 2.55. The molecule has 0 aliphatic heterocycles. The molecular weight excluding hydrogens is 410 g/mol. The van der Waals surface area contributed by atoms with Gasteiger partial charge in [0.05, 0.1) is 27.0 Å². The number of benzene rings is 2. The summed E-state index contributed by atoms with van der Waals surface area (Å²) in [5.74, 6) is -0.939. The van der Waals surface area contributed by atoms with Gasteiger partial charge in [0, 0.05) is 12.5 Å². The van der Waals surface area contributed by atoms with Crippen molar-refractivity contribution in [2.75, 3.05) is 16.0 Å². The highest BCUT2D eigenvalue weighted by molar-refractivity contribution is 7.12. The van der Waals surface area contributed by atoms with E-state index in [1.165, 1.54) is 24.3 Å². The molecule has 0 spiro atoms. The zero-order valence-corrected chi connectivity index (χ0v) is 17.3.